The number of nitrogens with zero attached hydrogens (tertiary/aromatic N) is 1. The van der Waals surface area contributed by atoms with Crippen molar-refractivity contribution in [3.05, 3.63) is 29.8 Å². The van der Waals surface area contributed by atoms with E-state index < -0.39 is 19.1 Å². The number of alkyl halides is 2. The molecule has 0 spiro atoms. The van der Waals surface area contributed by atoms with Crippen LogP contribution in [-0.2, 0) is 0 Å². The molecule has 104 valence electrons. The summed E-state index contributed by atoms with van der Waals surface area (Å²) in [4.78, 5) is 0. The summed E-state index contributed by atoms with van der Waals surface area (Å²) in [5.74, 6) is -2.57. The van der Waals surface area contributed by atoms with E-state index in [1.807, 2.05) is 6.07 Å². The maximum Gasteiger partial charge on any atom is 0.282 e. The monoisotopic (exact) mass is 270 g/mol. The normalized spacial score (nSPS) is 12.8. The molecule has 1 aromatic carbocycles. The summed E-state index contributed by atoms with van der Waals surface area (Å²) < 4.78 is 30.8. The summed E-state index contributed by atoms with van der Waals surface area (Å²) >= 11 is 0. The van der Waals surface area contributed by atoms with Gasteiger partial charge in [-0.3, -0.25) is 0 Å². The number of benzene rings is 1. The molecule has 0 aliphatic rings. The molecule has 19 heavy (non-hydrogen) atoms. The second-order valence-corrected chi connectivity index (χ2v) is 4.13. The first-order valence-corrected chi connectivity index (χ1v) is 5.80. The Labute approximate surface area is 110 Å². The maximum atomic E-state index is 12.9. The lowest BCUT2D eigenvalue weighted by Crippen LogP contribution is -2.37. The van der Waals surface area contributed by atoms with E-state index >= 15 is 0 Å². The fourth-order valence-electron chi connectivity index (χ4n) is 1.44. The second-order valence-electron chi connectivity index (χ2n) is 4.13. The summed E-state index contributed by atoms with van der Waals surface area (Å²) in [6.07, 6.45) is 0. The highest BCUT2D eigenvalue weighted by atomic mass is 19.3. The van der Waals surface area contributed by atoms with Crippen LogP contribution in [0.3, 0.4) is 0 Å². The highest BCUT2D eigenvalue weighted by molar-refractivity contribution is 5.29. The van der Waals surface area contributed by atoms with E-state index in [1.54, 1.807) is 31.2 Å². The third-order valence-electron chi connectivity index (χ3n) is 2.58. The van der Waals surface area contributed by atoms with Gasteiger partial charge in [0, 0.05) is 6.04 Å². The third kappa shape index (κ3) is 5.20. The molecular formula is C13H16F2N2O2. The molecule has 1 unspecified atom stereocenters. The first-order valence-electron chi connectivity index (χ1n) is 5.80. The lowest BCUT2D eigenvalue weighted by Gasteiger charge is -2.19. The van der Waals surface area contributed by atoms with E-state index in [0.717, 1.165) is 5.56 Å². The number of rotatable bonds is 7. The number of nitriles is 1. The lowest BCUT2D eigenvalue weighted by atomic mass is 10.1. The largest absolute Gasteiger partial charge is 0.479 e. The van der Waals surface area contributed by atoms with Crippen LogP contribution in [-0.4, -0.2) is 30.8 Å². The van der Waals surface area contributed by atoms with Crippen LogP contribution in [0.25, 0.3) is 0 Å². The second kappa shape index (κ2) is 7.02. The van der Waals surface area contributed by atoms with Gasteiger partial charge in [0.15, 0.2) is 6.61 Å². The van der Waals surface area contributed by atoms with Gasteiger partial charge < -0.3 is 15.2 Å². The molecule has 0 aliphatic carbocycles. The average molecular weight is 270 g/mol. The van der Waals surface area contributed by atoms with Gasteiger partial charge in [0.2, 0.25) is 0 Å². The van der Waals surface area contributed by atoms with E-state index in [2.05, 4.69) is 5.32 Å². The zero-order valence-corrected chi connectivity index (χ0v) is 10.6. The molecule has 1 atom stereocenters. The van der Waals surface area contributed by atoms with E-state index in [9.17, 15) is 8.78 Å². The van der Waals surface area contributed by atoms with Crippen molar-refractivity contribution in [1.82, 2.24) is 5.32 Å². The molecule has 0 saturated heterocycles. The first kappa shape index (κ1) is 15.3. The predicted octanol–water partition coefficient (Wildman–Crippen LogP) is 1.87. The minimum absolute atomic E-state index is 0.0319. The van der Waals surface area contributed by atoms with Gasteiger partial charge in [-0.15, -0.1) is 0 Å². The molecule has 1 rings (SSSR count). The lowest BCUT2D eigenvalue weighted by molar-refractivity contribution is -0.0490. The van der Waals surface area contributed by atoms with Crippen LogP contribution < -0.4 is 10.1 Å². The van der Waals surface area contributed by atoms with Gasteiger partial charge in [-0.05, 0) is 24.6 Å². The molecule has 6 heteroatoms. The molecule has 0 amide bonds. The number of halogens is 2. The predicted molar refractivity (Wildman–Crippen MR) is 66.0 cm³/mol. The van der Waals surface area contributed by atoms with Crippen molar-refractivity contribution < 1.29 is 18.6 Å². The molecule has 0 bridgehead atoms. The maximum absolute atomic E-state index is 12.9. The van der Waals surface area contributed by atoms with Gasteiger partial charge in [-0.2, -0.15) is 5.26 Å². The smallest absolute Gasteiger partial charge is 0.282 e. The summed E-state index contributed by atoms with van der Waals surface area (Å²) in [5.41, 5.74) is 0.818. The summed E-state index contributed by atoms with van der Waals surface area (Å²) in [6.45, 7) is -0.0422. The number of ether oxygens (including phenoxy) is 1. The molecule has 0 heterocycles. The van der Waals surface area contributed by atoms with Crippen molar-refractivity contribution in [2.45, 2.75) is 18.9 Å². The molecule has 0 fully saturated rings. The zero-order chi connectivity index (χ0) is 14.3. The van der Waals surface area contributed by atoms with Crippen molar-refractivity contribution in [2.24, 2.45) is 0 Å². The van der Waals surface area contributed by atoms with E-state index in [0.29, 0.717) is 5.75 Å². The van der Waals surface area contributed by atoms with Crippen molar-refractivity contribution in [3.63, 3.8) is 0 Å². The Kier molecular flexibility index (Phi) is 5.67. The van der Waals surface area contributed by atoms with Crippen LogP contribution in [0, 0.1) is 11.3 Å². The van der Waals surface area contributed by atoms with Gasteiger partial charge in [0.1, 0.15) is 18.4 Å². The Hall–Kier alpha value is -1.71. The van der Waals surface area contributed by atoms with E-state index in [4.69, 9.17) is 15.1 Å². The van der Waals surface area contributed by atoms with Crippen LogP contribution in [0.4, 0.5) is 8.78 Å². The fourth-order valence-corrected chi connectivity index (χ4v) is 1.44. The molecule has 0 saturated carbocycles. The number of aliphatic hydroxyl groups excluding tert-OH is 1. The number of nitrogens with one attached hydrogen (secondary N) is 1. The fraction of sp³-hybridized carbons (Fsp3) is 0.462. The Bertz CT molecular complexity index is 429. The number of aliphatic hydroxyl groups is 1. The van der Waals surface area contributed by atoms with Gasteiger partial charge in [0.25, 0.3) is 5.92 Å². The molecule has 1 aromatic rings. The standard InChI is InChI=1S/C13H16F2N2O2/c1-10(17-8-13(14,15)9-18)11-2-4-12(5-3-11)19-7-6-16/h2-5,10,17-18H,7-9H2,1H3. The van der Waals surface area contributed by atoms with Crippen molar-refractivity contribution in [3.8, 4) is 11.8 Å². The topological polar surface area (TPSA) is 65.3 Å². The van der Waals surface area contributed by atoms with Gasteiger partial charge in [-0.1, -0.05) is 12.1 Å². The van der Waals surface area contributed by atoms with Gasteiger partial charge in [-0.25, -0.2) is 8.78 Å². The summed E-state index contributed by atoms with van der Waals surface area (Å²) in [6, 6.07) is 8.41. The van der Waals surface area contributed by atoms with Gasteiger partial charge in [0.05, 0.1) is 6.54 Å². The Balaban J connectivity index is 2.53. The summed E-state index contributed by atoms with van der Waals surface area (Å²) in [5, 5.41) is 19.5. The van der Waals surface area contributed by atoms with Crippen molar-refractivity contribution in [2.75, 3.05) is 19.8 Å². The minimum Gasteiger partial charge on any atom is -0.479 e. The average Bonchev–Trinajstić information content (AvgIpc) is 2.43. The van der Waals surface area contributed by atoms with Crippen LogP contribution >= 0.6 is 0 Å². The van der Waals surface area contributed by atoms with Crippen molar-refractivity contribution in [1.29, 1.82) is 5.26 Å². The number of hydrogen-bond acceptors (Lipinski definition) is 4. The molecule has 0 aromatic heterocycles. The Morgan fingerprint density at radius 2 is 2.05 bits per heavy atom. The highest BCUT2D eigenvalue weighted by Gasteiger charge is 2.27. The number of hydrogen-bond donors (Lipinski definition) is 2. The zero-order valence-electron chi connectivity index (χ0n) is 10.6. The minimum atomic E-state index is -3.12. The molecular weight excluding hydrogens is 254 g/mol. The quantitative estimate of drug-likeness (QED) is 0.793. The van der Waals surface area contributed by atoms with E-state index in [1.165, 1.54) is 0 Å². The van der Waals surface area contributed by atoms with Crippen LogP contribution in [0.2, 0.25) is 0 Å². The molecule has 4 nitrogen and oxygen atoms in total. The van der Waals surface area contributed by atoms with Gasteiger partial charge >= 0.3 is 0 Å². The van der Waals surface area contributed by atoms with Crippen LogP contribution in [0.5, 0.6) is 5.75 Å². The van der Waals surface area contributed by atoms with Crippen LogP contribution in [0.15, 0.2) is 24.3 Å². The summed E-state index contributed by atoms with van der Waals surface area (Å²) in [7, 11) is 0. The Morgan fingerprint density at radius 1 is 1.42 bits per heavy atom. The first-order chi connectivity index (χ1) is 8.98. The van der Waals surface area contributed by atoms with Crippen molar-refractivity contribution >= 4 is 0 Å². The molecule has 0 radical (unpaired) electrons. The molecule has 2 N–H and O–H groups in total. The SMILES string of the molecule is CC(NCC(F)(F)CO)c1ccc(OCC#N)cc1. The van der Waals surface area contributed by atoms with E-state index in [-0.39, 0.29) is 12.6 Å². The Morgan fingerprint density at radius 3 is 2.58 bits per heavy atom. The highest BCUT2D eigenvalue weighted by Crippen LogP contribution is 2.19. The molecule has 0 aliphatic heterocycles. The third-order valence-corrected chi connectivity index (χ3v) is 2.58. The van der Waals surface area contributed by atoms with Crippen LogP contribution in [0.1, 0.15) is 18.5 Å².